The van der Waals surface area contributed by atoms with E-state index in [9.17, 15) is 4.79 Å². The minimum Gasteiger partial charge on any atom is -0.460 e. The third kappa shape index (κ3) is 1.84. The average molecular weight is 217 g/mol. The lowest BCUT2D eigenvalue weighted by Gasteiger charge is -2.03. The Labute approximate surface area is 92.5 Å². The van der Waals surface area contributed by atoms with Crippen LogP contribution in [0, 0.1) is 6.92 Å². The van der Waals surface area contributed by atoms with Crippen molar-refractivity contribution in [3.8, 4) is 0 Å². The SMILES string of the molecule is CCOC(=O)c1nc(C)c2cccnc2n1. The Balaban J connectivity index is 2.53. The van der Waals surface area contributed by atoms with Gasteiger partial charge in [-0.05, 0) is 26.0 Å². The first-order valence-corrected chi connectivity index (χ1v) is 4.99. The van der Waals surface area contributed by atoms with E-state index in [2.05, 4.69) is 15.0 Å². The number of rotatable bonds is 2. The van der Waals surface area contributed by atoms with Crippen molar-refractivity contribution >= 4 is 17.0 Å². The van der Waals surface area contributed by atoms with Gasteiger partial charge in [-0.3, -0.25) is 0 Å². The van der Waals surface area contributed by atoms with Gasteiger partial charge < -0.3 is 4.74 Å². The van der Waals surface area contributed by atoms with Crippen LogP contribution < -0.4 is 0 Å². The molecule has 0 unspecified atom stereocenters. The third-order valence-electron chi connectivity index (χ3n) is 2.12. The lowest BCUT2D eigenvalue weighted by Crippen LogP contribution is -2.11. The van der Waals surface area contributed by atoms with Crippen LogP contribution >= 0.6 is 0 Å². The summed E-state index contributed by atoms with van der Waals surface area (Å²) in [6, 6.07) is 3.68. The summed E-state index contributed by atoms with van der Waals surface area (Å²) < 4.78 is 4.84. The van der Waals surface area contributed by atoms with Crippen molar-refractivity contribution in [1.82, 2.24) is 15.0 Å². The smallest absolute Gasteiger partial charge is 0.376 e. The van der Waals surface area contributed by atoms with Gasteiger partial charge in [-0.25, -0.2) is 19.7 Å². The molecular formula is C11H11N3O2. The molecule has 0 aliphatic carbocycles. The number of hydrogen-bond donors (Lipinski definition) is 0. The van der Waals surface area contributed by atoms with E-state index < -0.39 is 5.97 Å². The largest absolute Gasteiger partial charge is 0.460 e. The van der Waals surface area contributed by atoms with Gasteiger partial charge in [-0.1, -0.05) is 0 Å². The van der Waals surface area contributed by atoms with Gasteiger partial charge in [0.2, 0.25) is 5.82 Å². The predicted octanol–water partition coefficient (Wildman–Crippen LogP) is 1.51. The molecule has 5 heteroatoms. The Morgan fingerprint density at radius 1 is 1.44 bits per heavy atom. The van der Waals surface area contributed by atoms with Crippen LogP contribution in [0.25, 0.3) is 11.0 Å². The van der Waals surface area contributed by atoms with Gasteiger partial charge in [0.1, 0.15) is 0 Å². The first-order valence-electron chi connectivity index (χ1n) is 4.99. The summed E-state index contributed by atoms with van der Waals surface area (Å²) in [5, 5.41) is 0.843. The van der Waals surface area contributed by atoms with Crippen molar-refractivity contribution in [3.63, 3.8) is 0 Å². The Kier molecular flexibility index (Phi) is 2.76. The number of esters is 1. The quantitative estimate of drug-likeness (QED) is 0.713. The molecule has 0 aromatic carbocycles. The van der Waals surface area contributed by atoms with Crippen molar-refractivity contribution in [3.05, 3.63) is 29.8 Å². The standard InChI is InChI=1S/C11H11N3O2/c1-3-16-11(15)10-13-7(2)8-5-4-6-12-9(8)14-10/h4-6H,3H2,1-2H3. The molecule has 0 radical (unpaired) electrons. The number of carbonyl (C=O) groups excluding carboxylic acids is 1. The molecule has 2 heterocycles. The molecule has 16 heavy (non-hydrogen) atoms. The van der Waals surface area contributed by atoms with E-state index in [1.807, 2.05) is 19.1 Å². The van der Waals surface area contributed by atoms with Crippen LogP contribution in [-0.2, 0) is 4.74 Å². The molecule has 0 atom stereocenters. The Hall–Kier alpha value is -2.04. The molecule has 0 aliphatic heterocycles. The Morgan fingerprint density at radius 2 is 2.25 bits per heavy atom. The zero-order chi connectivity index (χ0) is 11.5. The fourth-order valence-corrected chi connectivity index (χ4v) is 1.40. The zero-order valence-corrected chi connectivity index (χ0v) is 9.10. The molecule has 2 aromatic heterocycles. The topological polar surface area (TPSA) is 65.0 Å². The summed E-state index contributed by atoms with van der Waals surface area (Å²) in [7, 11) is 0. The molecule has 0 bridgehead atoms. The molecule has 2 aromatic rings. The first-order chi connectivity index (χ1) is 7.72. The molecule has 0 saturated carbocycles. The van der Waals surface area contributed by atoms with E-state index >= 15 is 0 Å². The molecule has 0 amide bonds. The van der Waals surface area contributed by atoms with Gasteiger partial charge >= 0.3 is 5.97 Å². The van der Waals surface area contributed by atoms with Gasteiger partial charge in [0.15, 0.2) is 5.65 Å². The fraction of sp³-hybridized carbons (Fsp3) is 0.273. The first kappa shape index (κ1) is 10.5. The maximum Gasteiger partial charge on any atom is 0.376 e. The Morgan fingerprint density at radius 3 is 3.00 bits per heavy atom. The van der Waals surface area contributed by atoms with Crippen LogP contribution in [-0.4, -0.2) is 27.5 Å². The van der Waals surface area contributed by atoms with Gasteiger partial charge in [-0.2, -0.15) is 0 Å². The molecule has 0 fully saturated rings. The second-order valence-electron chi connectivity index (χ2n) is 3.23. The van der Waals surface area contributed by atoms with Gasteiger partial charge in [0, 0.05) is 11.6 Å². The molecule has 82 valence electrons. The minimum absolute atomic E-state index is 0.0607. The summed E-state index contributed by atoms with van der Waals surface area (Å²) in [6.45, 7) is 3.86. The molecule has 0 spiro atoms. The number of nitrogens with zero attached hydrogens (tertiary/aromatic N) is 3. The molecule has 0 N–H and O–H groups in total. The molecular weight excluding hydrogens is 206 g/mol. The number of aromatic nitrogens is 3. The second kappa shape index (κ2) is 4.22. The third-order valence-corrected chi connectivity index (χ3v) is 2.12. The van der Waals surface area contributed by atoms with Crippen molar-refractivity contribution in [2.45, 2.75) is 13.8 Å². The van der Waals surface area contributed by atoms with Crippen molar-refractivity contribution < 1.29 is 9.53 Å². The average Bonchev–Trinajstić information content (AvgIpc) is 2.29. The van der Waals surface area contributed by atoms with Crippen LogP contribution in [0.3, 0.4) is 0 Å². The van der Waals surface area contributed by atoms with Crippen molar-refractivity contribution in [1.29, 1.82) is 0 Å². The summed E-state index contributed by atoms with van der Waals surface area (Å²) >= 11 is 0. The summed E-state index contributed by atoms with van der Waals surface area (Å²) in [4.78, 5) is 23.7. The van der Waals surface area contributed by atoms with Crippen LogP contribution in [0.15, 0.2) is 18.3 Å². The monoisotopic (exact) mass is 217 g/mol. The van der Waals surface area contributed by atoms with Crippen LogP contribution in [0.4, 0.5) is 0 Å². The number of hydrogen-bond acceptors (Lipinski definition) is 5. The summed E-state index contributed by atoms with van der Waals surface area (Å²) in [5.41, 5.74) is 1.24. The fourth-order valence-electron chi connectivity index (χ4n) is 1.40. The van der Waals surface area contributed by atoms with Gasteiger partial charge in [0.05, 0.1) is 12.3 Å². The number of pyridine rings is 1. The van der Waals surface area contributed by atoms with Crippen LogP contribution in [0.1, 0.15) is 23.2 Å². The second-order valence-corrected chi connectivity index (χ2v) is 3.23. The van der Waals surface area contributed by atoms with E-state index in [0.29, 0.717) is 12.3 Å². The van der Waals surface area contributed by atoms with E-state index in [0.717, 1.165) is 11.1 Å². The molecule has 0 saturated heterocycles. The highest BCUT2D eigenvalue weighted by Gasteiger charge is 2.13. The van der Waals surface area contributed by atoms with Crippen LogP contribution in [0.2, 0.25) is 0 Å². The molecule has 2 rings (SSSR count). The predicted molar refractivity (Wildman–Crippen MR) is 58.0 cm³/mol. The van der Waals surface area contributed by atoms with Crippen molar-refractivity contribution in [2.75, 3.05) is 6.61 Å². The maximum absolute atomic E-state index is 11.5. The molecule has 5 nitrogen and oxygen atoms in total. The number of aryl methyl sites for hydroxylation is 1. The molecule has 0 aliphatic rings. The highest BCUT2D eigenvalue weighted by Crippen LogP contribution is 2.12. The Bertz CT molecular complexity index is 540. The minimum atomic E-state index is -0.516. The van der Waals surface area contributed by atoms with E-state index in [1.165, 1.54) is 0 Å². The number of carbonyl (C=O) groups is 1. The maximum atomic E-state index is 11.5. The highest BCUT2D eigenvalue weighted by molar-refractivity contribution is 5.88. The van der Waals surface area contributed by atoms with Crippen LogP contribution in [0.5, 0.6) is 0 Å². The van der Waals surface area contributed by atoms with Crippen molar-refractivity contribution in [2.24, 2.45) is 0 Å². The normalized spacial score (nSPS) is 10.4. The van der Waals surface area contributed by atoms with Gasteiger partial charge in [0.25, 0.3) is 0 Å². The lowest BCUT2D eigenvalue weighted by molar-refractivity contribution is 0.0512. The van der Waals surface area contributed by atoms with Gasteiger partial charge in [-0.15, -0.1) is 0 Å². The van der Waals surface area contributed by atoms with E-state index in [4.69, 9.17) is 4.74 Å². The summed E-state index contributed by atoms with van der Waals surface area (Å²) in [6.07, 6.45) is 1.63. The summed E-state index contributed by atoms with van der Waals surface area (Å²) in [5.74, 6) is -0.455. The van der Waals surface area contributed by atoms with E-state index in [-0.39, 0.29) is 5.82 Å². The highest BCUT2D eigenvalue weighted by atomic mass is 16.5. The number of ether oxygens (including phenoxy) is 1. The number of fused-ring (bicyclic) bond motifs is 1. The lowest BCUT2D eigenvalue weighted by atomic mass is 10.2. The zero-order valence-electron chi connectivity index (χ0n) is 9.10. The van der Waals surface area contributed by atoms with E-state index in [1.54, 1.807) is 13.1 Å².